The SMILES string of the molecule is O=C(c1ccccc1)[C@H]1[C@@H](c2ccccc2[N+](=O)[O-])N1C1CCCCC1. The van der Waals surface area contributed by atoms with Crippen LogP contribution >= 0.6 is 0 Å². The summed E-state index contributed by atoms with van der Waals surface area (Å²) in [5.41, 5.74) is 1.46. The zero-order valence-electron chi connectivity index (χ0n) is 14.6. The number of nitro groups is 1. The minimum Gasteiger partial charge on any atom is -0.292 e. The Balaban J connectivity index is 1.69. The molecular weight excluding hydrogens is 328 g/mol. The van der Waals surface area contributed by atoms with Crippen LogP contribution in [0.15, 0.2) is 54.6 Å². The summed E-state index contributed by atoms with van der Waals surface area (Å²) in [6.45, 7) is 0. The van der Waals surface area contributed by atoms with E-state index in [0.29, 0.717) is 17.2 Å². The maximum absolute atomic E-state index is 13.1. The first-order valence-corrected chi connectivity index (χ1v) is 9.28. The standard InChI is InChI=1S/C21H22N2O3/c24-21(15-9-3-1-4-10-15)20-19(22(20)16-11-5-2-6-12-16)17-13-7-8-14-18(17)23(25)26/h1,3-4,7-10,13-14,16,19-20H,2,5-6,11-12H2/t19-,20-,22?/m1/s1. The highest BCUT2D eigenvalue weighted by Gasteiger charge is 2.57. The minimum absolute atomic E-state index is 0.0688. The summed E-state index contributed by atoms with van der Waals surface area (Å²) in [7, 11) is 0. The monoisotopic (exact) mass is 350 g/mol. The van der Waals surface area contributed by atoms with Crippen molar-refractivity contribution in [3.63, 3.8) is 0 Å². The van der Waals surface area contributed by atoms with Crippen molar-refractivity contribution in [2.75, 3.05) is 0 Å². The third-order valence-corrected chi connectivity index (χ3v) is 5.63. The van der Waals surface area contributed by atoms with Crippen molar-refractivity contribution >= 4 is 11.5 Å². The highest BCUT2D eigenvalue weighted by Crippen LogP contribution is 2.51. The lowest BCUT2D eigenvalue weighted by molar-refractivity contribution is -0.385. The predicted octanol–water partition coefficient (Wildman–Crippen LogP) is 4.54. The average Bonchev–Trinajstić information content (AvgIpc) is 3.44. The molecule has 2 fully saturated rings. The van der Waals surface area contributed by atoms with Crippen LogP contribution in [0.4, 0.5) is 5.69 Å². The summed E-state index contributed by atoms with van der Waals surface area (Å²) < 4.78 is 0. The molecule has 1 heterocycles. The summed E-state index contributed by atoms with van der Waals surface area (Å²) in [6, 6.07) is 16.0. The molecule has 5 heteroatoms. The molecule has 1 aliphatic heterocycles. The summed E-state index contributed by atoms with van der Waals surface area (Å²) in [4.78, 5) is 26.5. The van der Waals surface area contributed by atoms with Gasteiger partial charge in [0.15, 0.2) is 5.78 Å². The van der Waals surface area contributed by atoms with Crippen LogP contribution < -0.4 is 0 Å². The number of carbonyl (C=O) groups excluding carboxylic acids is 1. The molecule has 0 bridgehead atoms. The first-order chi connectivity index (χ1) is 12.7. The minimum atomic E-state index is -0.337. The van der Waals surface area contributed by atoms with Gasteiger partial charge >= 0.3 is 0 Å². The molecule has 0 N–H and O–H groups in total. The van der Waals surface area contributed by atoms with E-state index in [-0.39, 0.29) is 28.5 Å². The number of benzene rings is 2. The highest BCUT2D eigenvalue weighted by molar-refractivity contribution is 6.02. The van der Waals surface area contributed by atoms with Crippen LogP contribution in [0, 0.1) is 10.1 Å². The van der Waals surface area contributed by atoms with E-state index in [9.17, 15) is 14.9 Å². The lowest BCUT2D eigenvalue weighted by Gasteiger charge is -2.24. The molecule has 1 saturated heterocycles. The molecule has 1 unspecified atom stereocenters. The maximum atomic E-state index is 13.1. The van der Waals surface area contributed by atoms with Gasteiger partial charge in [0.25, 0.3) is 5.69 Å². The van der Waals surface area contributed by atoms with Gasteiger partial charge in [0.2, 0.25) is 0 Å². The van der Waals surface area contributed by atoms with Gasteiger partial charge in [-0.15, -0.1) is 0 Å². The molecule has 0 spiro atoms. The molecule has 4 rings (SSSR count). The van der Waals surface area contributed by atoms with E-state index >= 15 is 0 Å². The molecular formula is C21H22N2O3. The number of hydrogen-bond acceptors (Lipinski definition) is 4. The van der Waals surface area contributed by atoms with Crippen LogP contribution in [-0.2, 0) is 0 Å². The maximum Gasteiger partial charge on any atom is 0.274 e. The van der Waals surface area contributed by atoms with Crippen molar-refractivity contribution in [3.05, 3.63) is 75.8 Å². The molecule has 1 saturated carbocycles. The number of carbonyl (C=O) groups is 1. The van der Waals surface area contributed by atoms with Crippen molar-refractivity contribution in [1.82, 2.24) is 4.90 Å². The largest absolute Gasteiger partial charge is 0.292 e. The van der Waals surface area contributed by atoms with Crippen LogP contribution in [0.25, 0.3) is 0 Å². The molecule has 0 amide bonds. The third-order valence-electron chi connectivity index (χ3n) is 5.63. The number of para-hydroxylation sites is 1. The van der Waals surface area contributed by atoms with Gasteiger partial charge in [-0.05, 0) is 12.8 Å². The van der Waals surface area contributed by atoms with Crippen LogP contribution in [-0.4, -0.2) is 27.7 Å². The Hall–Kier alpha value is -2.53. The smallest absolute Gasteiger partial charge is 0.274 e. The number of rotatable bonds is 5. The molecule has 0 aromatic heterocycles. The molecule has 3 atom stereocenters. The highest BCUT2D eigenvalue weighted by atomic mass is 16.6. The molecule has 1 aliphatic carbocycles. The summed E-state index contributed by atoms with van der Waals surface area (Å²) in [5.74, 6) is 0.0688. The Morgan fingerprint density at radius 1 is 0.962 bits per heavy atom. The summed E-state index contributed by atoms with van der Waals surface area (Å²) in [5, 5.41) is 11.5. The Kier molecular flexibility index (Phi) is 4.55. The zero-order chi connectivity index (χ0) is 18.1. The van der Waals surface area contributed by atoms with Crippen LogP contribution in [0.1, 0.15) is 54.1 Å². The molecule has 0 radical (unpaired) electrons. The quantitative estimate of drug-likeness (QED) is 0.344. The summed E-state index contributed by atoms with van der Waals surface area (Å²) in [6.07, 6.45) is 5.69. The second-order valence-corrected chi connectivity index (χ2v) is 7.17. The van der Waals surface area contributed by atoms with E-state index in [1.54, 1.807) is 12.1 Å². The van der Waals surface area contributed by atoms with Gasteiger partial charge < -0.3 is 0 Å². The number of ketones is 1. The van der Waals surface area contributed by atoms with Crippen molar-refractivity contribution in [3.8, 4) is 0 Å². The van der Waals surface area contributed by atoms with Crippen molar-refractivity contribution in [1.29, 1.82) is 0 Å². The van der Waals surface area contributed by atoms with Gasteiger partial charge in [0.05, 0.1) is 17.0 Å². The normalized spacial score (nSPS) is 25.6. The van der Waals surface area contributed by atoms with E-state index in [1.165, 1.54) is 12.5 Å². The van der Waals surface area contributed by atoms with Gasteiger partial charge in [-0.3, -0.25) is 19.8 Å². The fourth-order valence-electron chi connectivity index (χ4n) is 4.37. The van der Waals surface area contributed by atoms with Gasteiger partial charge in [0.1, 0.15) is 0 Å². The molecule has 2 aliphatic rings. The van der Waals surface area contributed by atoms with Gasteiger partial charge in [0, 0.05) is 23.2 Å². The lowest BCUT2D eigenvalue weighted by Crippen LogP contribution is -2.26. The summed E-state index contributed by atoms with van der Waals surface area (Å²) >= 11 is 0. The number of nitro benzene ring substituents is 1. The van der Waals surface area contributed by atoms with Gasteiger partial charge in [-0.2, -0.15) is 0 Å². The average molecular weight is 350 g/mol. The molecule has 2 aromatic carbocycles. The zero-order valence-corrected chi connectivity index (χ0v) is 14.6. The second kappa shape index (κ2) is 7.00. The first-order valence-electron chi connectivity index (χ1n) is 9.28. The van der Waals surface area contributed by atoms with E-state index in [1.807, 2.05) is 36.4 Å². The Morgan fingerprint density at radius 2 is 1.62 bits per heavy atom. The number of nitrogens with zero attached hydrogens (tertiary/aromatic N) is 2. The number of hydrogen-bond donors (Lipinski definition) is 0. The van der Waals surface area contributed by atoms with Crippen molar-refractivity contribution in [2.24, 2.45) is 0 Å². The Bertz CT molecular complexity index is 815. The fraction of sp³-hybridized carbons (Fsp3) is 0.381. The van der Waals surface area contributed by atoms with Crippen molar-refractivity contribution < 1.29 is 9.72 Å². The first kappa shape index (κ1) is 16.9. The molecule has 134 valence electrons. The van der Waals surface area contributed by atoms with Crippen molar-refractivity contribution in [2.45, 2.75) is 50.2 Å². The lowest BCUT2D eigenvalue weighted by atomic mass is 9.95. The van der Waals surface area contributed by atoms with Crippen LogP contribution in [0.2, 0.25) is 0 Å². The molecule has 5 nitrogen and oxygen atoms in total. The van der Waals surface area contributed by atoms with Crippen LogP contribution in [0.5, 0.6) is 0 Å². The molecule has 26 heavy (non-hydrogen) atoms. The topological polar surface area (TPSA) is 63.2 Å². The fourth-order valence-corrected chi connectivity index (χ4v) is 4.37. The van der Waals surface area contributed by atoms with E-state index in [4.69, 9.17) is 0 Å². The van der Waals surface area contributed by atoms with E-state index in [0.717, 1.165) is 25.7 Å². The Labute approximate surface area is 152 Å². The second-order valence-electron chi connectivity index (χ2n) is 7.17. The predicted molar refractivity (Wildman–Crippen MR) is 99.1 cm³/mol. The van der Waals surface area contributed by atoms with Gasteiger partial charge in [-0.1, -0.05) is 67.8 Å². The van der Waals surface area contributed by atoms with Crippen LogP contribution in [0.3, 0.4) is 0 Å². The molecule has 2 aromatic rings. The Morgan fingerprint density at radius 3 is 2.31 bits per heavy atom. The van der Waals surface area contributed by atoms with E-state index in [2.05, 4.69) is 4.90 Å². The van der Waals surface area contributed by atoms with E-state index < -0.39 is 0 Å². The third kappa shape index (κ3) is 3.03. The number of Topliss-reactive ketones (excluding diaryl/α,β-unsaturated/α-hetero) is 1. The van der Waals surface area contributed by atoms with Gasteiger partial charge in [-0.25, -0.2) is 0 Å².